The van der Waals surface area contributed by atoms with Crippen LogP contribution in [0.4, 0.5) is 0 Å². The van der Waals surface area contributed by atoms with E-state index >= 15 is 0 Å². The molecule has 1 aromatic rings. The molecule has 1 unspecified atom stereocenters. The molecule has 148 valence electrons. The lowest BCUT2D eigenvalue weighted by Crippen LogP contribution is -2.58. The molecule has 0 aromatic heterocycles. The Labute approximate surface area is 167 Å². The summed E-state index contributed by atoms with van der Waals surface area (Å²) in [4.78, 5) is 13.4. The Hall–Kier alpha value is -2.43. The molecule has 5 heteroatoms. The first-order chi connectivity index (χ1) is 13.2. The van der Waals surface area contributed by atoms with Crippen molar-refractivity contribution in [2.75, 3.05) is 0 Å². The summed E-state index contributed by atoms with van der Waals surface area (Å²) in [6, 6.07) is 8.71. The van der Waals surface area contributed by atoms with Crippen molar-refractivity contribution in [2.24, 2.45) is 10.2 Å². The summed E-state index contributed by atoms with van der Waals surface area (Å²) in [5.74, 6) is 0.438. The van der Waals surface area contributed by atoms with Gasteiger partial charge < -0.3 is 10.6 Å². The fraction of sp³-hybridized carbons (Fsp3) is 0.522. The number of nitrogens with zero attached hydrogens (tertiary/aromatic N) is 2. The van der Waals surface area contributed by atoms with Gasteiger partial charge in [-0.15, -0.1) is 0 Å². The minimum absolute atomic E-state index is 0.0150. The van der Waals surface area contributed by atoms with Gasteiger partial charge in [0.05, 0.1) is 16.7 Å². The first kappa shape index (κ1) is 18.9. The van der Waals surface area contributed by atoms with Gasteiger partial charge in [-0.25, -0.2) is 0 Å². The molecule has 4 rings (SSSR count). The maximum absolute atomic E-state index is 13.4. The number of amides is 1. The molecule has 28 heavy (non-hydrogen) atoms. The topological polar surface area (TPSA) is 65.8 Å². The van der Waals surface area contributed by atoms with Gasteiger partial charge in [0.1, 0.15) is 0 Å². The first-order valence-electron chi connectivity index (χ1n) is 10.2. The van der Waals surface area contributed by atoms with E-state index in [1.807, 2.05) is 6.92 Å². The van der Waals surface area contributed by atoms with Crippen LogP contribution in [-0.4, -0.2) is 17.6 Å². The molecule has 1 amide bonds. The van der Waals surface area contributed by atoms with Crippen molar-refractivity contribution in [3.05, 3.63) is 57.9 Å². The number of azo groups is 1. The lowest BCUT2D eigenvalue weighted by molar-refractivity contribution is -0.120. The van der Waals surface area contributed by atoms with Crippen molar-refractivity contribution in [1.29, 1.82) is 0 Å². The summed E-state index contributed by atoms with van der Waals surface area (Å²) >= 11 is 0. The first-order valence-corrected chi connectivity index (χ1v) is 10.2. The number of benzene rings is 1. The summed E-state index contributed by atoms with van der Waals surface area (Å²) in [7, 11) is 0. The van der Waals surface area contributed by atoms with Gasteiger partial charge in [0, 0.05) is 23.2 Å². The number of hydrogen-bond donors (Lipinski definition) is 2. The predicted molar refractivity (Wildman–Crippen MR) is 111 cm³/mol. The van der Waals surface area contributed by atoms with E-state index in [9.17, 15) is 4.79 Å². The SMILES string of the molecule is CC[C@]1(c2cccc(C(C)C)c2)C2=C(CC(C)(C)NC2=O)NC2N=NC(C)=C21. The second kappa shape index (κ2) is 6.29. The van der Waals surface area contributed by atoms with E-state index in [2.05, 4.69) is 79.7 Å². The minimum atomic E-state index is -0.510. The Morgan fingerprint density at radius 1 is 1.29 bits per heavy atom. The maximum atomic E-state index is 13.4. The van der Waals surface area contributed by atoms with E-state index < -0.39 is 5.41 Å². The number of fused-ring (bicyclic) bond motifs is 1. The molecule has 0 bridgehead atoms. The van der Waals surface area contributed by atoms with Gasteiger partial charge in [-0.2, -0.15) is 10.2 Å². The maximum Gasteiger partial charge on any atom is 0.250 e. The highest BCUT2D eigenvalue weighted by Crippen LogP contribution is 2.52. The molecule has 0 spiro atoms. The van der Waals surface area contributed by atoms with Crippen LogP contribution in [0.25, 0.3) is 0 Å². The third kappa shape index (κ3) is 2.63. The standard InChI is InChI=1S/C23H30N4O/c1-7-23(16-10-8-9-15(11-16)13(2)3)18-14(4)26-27-20(18)24-17-12-22(5,6)25-21(28)19(17)23/h8-11,13,20,24H,7,12H2,1-6H3,(H,25,28)/t20?,23-/m1/s1. The molecule has 1 aromatic carbocycles. The molecular weight excluding hydrogens is 348 g/mol. The van der Waals surface area contributed by atoms with Gasteiger partial charge in [-0.05, 0) is 44.2 Å². The van der Waals surface area contributed by atoms with Crippen LogP contribution in [0.2, 0.25) is 0 Å². The molecule has 2 N–H and O–H groups in total. The molecular formula is C23H30N4O. The number of carbonyl (C=O) groups is 1. The van der Waals surface area contributed by atoms with Gasteiger partial charge in [0.25, 0.3) is 5.91 Å². The van der Waals surface area contributed by atoms with E-state index in [4.69, 9.17) is 0 Å². The smallest absolute Gasteiger partial charge is 0.250 e. The second-order valence-corrected chi connectivity index (χ2v) is 9.17. The monoisotopic (exact) mass is 378 g/mol. The van der Waals surface area contributed by atoms with Crippen LogP contribution < -0.4 is 10.6 Å². The fourth-order valence-electron chi connectivity index (χ4n) is 5.09. The van der Waals surface area contributed by atoms with Crippen LogP contribution in [0.5, 0.6) is 0 Å². The van der Waals surface area contributed by atoms with Crippen LogP contribution in [0.15, 0.2) is 57.0 Å². The molecule has 0 saturated heterocycles. The molecule has 3 aliphatic heterocycles. The number of nitrogens with one attached hydrogen (secondary N) is 2. The highest BCUT2D eigenvalue weighted by molar-refractivity contribution is 6.00. The largest absolute Gasteiger partial charge is 0.362 e. The number of rotatable bonds is 3. The molecule has 3 heterocycles. The van der Waals surface area contributed by atoms with Gasteiger partial charge in [0.15, 0.2) is 6.17 Å². The van der Waals surface area contributed by atoms with Crippen LogP contribution >= 0.6 is 0 Å². The average Bonchev–Trinajstić information content (AvgIpc) is 3.00. The second-order valence-electron chi connectivity index (χ2n) is 9.17. The van der Waals surface area contributed by atoms with Crippen molar-refractivity contribution >= 4 is 5.91 Å². The normalized spacial score (nSPS) is 28.2. The Balaban J connectivity index is 2.02. The molecule has 5 nitrogen and oxygen atoms in total. The van der Waals surface area contributed by atoms with Crippen molar-refractivity contribution in [2.45, 2.75) is 77.4 Å². The molecule has 0 fully saturated rings. The number of allylic oxidation sites excluding steroid dienone is 1. The zero-order valence-corrected chi connectivity index (χ0v) is 17.7. The Kier molecular flexibility index (Phi) is 4.25. The third-order valence-electron chi connectivity index (χ3n) is 6.36. The summed E-state index contributed by atoms with van der Waals surface area (Å²) in [5.41, 5.74) is 5.53. The lowest BCUT2D eigenvalue weighted by Gasteiger charge is -2.48. The highest BCUT2D eigenvalue weighted by Gasteiger charge is 2.54. The zero-order chi connectivity index (χ0) is 20.3. The third-order valence-corrected chi connectivity index (χ3v) is 6.36. The van der Waals surface area contributed by atoms with Crippen molar-refractivity contribution in [3.63, 3.8) is 0 Å². The molecule has 0 radical (unpaired) electrons. The average molecular weight is 379 g/mol. The van der Waals surface area contributed by atoms with Gasteiger partial charge in [-0.3, -0.25) is 4.79 Å². The summed E-state index contributed by atoms with van der Waals surface area (Å²) < 4.78 is 0. The van der Waals surface area contributed by atoms with E-state index in [-0.39, 0.29) is 17.6 Å². The van der Waals surface area contributed by atoms with Gasteiger partial charge in [0.2, 0.25) is 0 Å². The van der Waals surface area contributed by atoms with Crippen molar-refractivity contribution in [3.8, 4) is 0 Å². The summed E-state index contributed by atoms with van der Waals surface area (Å²) in [6.45, 7) is 12.7. The summed E-state index contributed by atoms with van der Waals surface area (Å²) in [6.07, 6.45) is 1.36. The Morgan fingerprint density at radius 3 is 2.71 bits per heavy atom. The fourth-order valence-corrected chi connectivity index (χ4v) is 5.09. The van der Waals surface area contributed by atoms with E-state index in [0.717, 1.165) is 40.9 Å². The van der Waals surface area contributed by atoms with Gasteiger partial charge in [-0.1, -0.05) is 45.0 Å². The van der Waals surface area contributed by atoms with Crippen LogP contribution in [0.1, 0.15) is 71.4 Å². The predicted octanol–water partition coefficient (Wildman–Crippen LogP) is 4.68. The van der Waals surface area contributed by atoms with Crippen LogP contribution in [-0.2, 0) is 10.2 Å². The Bertz CT molecular complexity index is 938. The van der Waals surface area contributed by atoms with Crippen molar-refractivity contribution < 1.29 is 4.79 Å². The molecule has 2 atom stereocenters. The zero-order valence-electron chi connectivity index (χ0n) is 17.7. The molecule has 0 aliphatic carbocycles. The molecule has 0 saturated carbocycles. The van der Waals surface area contributed by atoms with E-state index in [0.29, 0.717) is 5.92 Å². The lowest BCUT2D eigenvalue weighted by atomic mass is 9.61. The number of carbonyl (C=O) groups excluding carboxylic acids is 1. The van der Waals surface area contributed by atoms with Crippen molar-refractivity contribution in [1.82, 2.24) is 10.6 Å². The minimum Gasteiger partial charge on any atom is -0.362 e. The van der Waals surface area contributed by atoms with E-state index in [1.165, 1.54) is 5.56 Å². The quantitative estimate of drug-likeness (QED) is 0.802. The van der Waals surface area contributed by atoms with E-state index in [1.54, 1.807) is 0 Å². The highest BCUT2D eigenvalue weighted by atomic mass is 16.2. The van der Waals surface area contributed by atoms with Crippen LogP contribution in [0.3, 0.4) is 0 Å². The van der Waals surface area contributed by atoms with Crippen LogP contribution in [0, 0.1) is 0 Å². The van der Waals surface area contributed by atoms with Gasteiger partial charge >= 0.3 is 0 Å². The summed E-state index contributed by atoms with van der Waals surface area (Å²) in [5, 5.41) is 15.7. The molecule has 3 aliphatic rings. The Morgan fingerprint density at radius 2 is 2.04 bits per heavy atom. The number of hydrogen-bond acceptors (Lipinski definition) is 4.